The van der Waals surface area contributed by atoms with E-state index in [0.29, 0.717) is 4.47 Å². The average Bonchev–Trinajstić information content (AvgIpc) is 2.52. The molecule has 9 nitrogen and oxygen atoms in total. The summed E-state index contributed by atoms with van der Waals surface area (Å²) < 4.78 is 25.1. The van der Waals surface area contributed by atoms with E-state index in [1.165, 1.54) is 12.1 Å². The number of nitrogens with zero attached hydrogens (tertiary/aromatic N) is 1. The zero-order valence-corrected chi connectivity index (χ0v) is 14.6. The molecule has 0 atom stereocenters. The first kappa shape index (κ1) is 19.9. The number of nitrogens with two attached hydrogens (primary N) is 1. The highest BCUT2D eigenvalue weighted by Crippen LogP contribution is 2.38. The van der Waals surface area contributed by atoms with Gasteiger partial charge in [0.2, 0.25) is 11.6 Å². The molecule has 132 valence electrons. The molecule has 0 aliphatic heterocycles. The number of halogens is 1. The molecule has 0 unspecified atom stereocenters. The number of benzene rings is 1. The number of nitrogens with one attached hydrogen (secondary N) is 1. The Morgan fingerprint density at radius 2 is 2.00 bits per heavy atom. The van der Waals surface area contributed by atoms with Gasteiger partial charge in [-0.05, 0) is 12.1 Å². The number of ketones is 2. The summed E-state index contributed by atoms with van der Waals surface area (Å²) >= 11 is 5.86. The standard InChI is InChI=1S/C13H16ClN3O6S/c1-7(18)11(19)10(6-15)16-9-5-4-8(14)13(12(9)20)24(21,22)17(2)23-3/h4-6,16,20H,15H2,1-3H3/b10-6-. The van der Waals surface area contributed by atoms with Crippen LogP contribution >= 0.6 is 11.6 Å². The minimum Gasteiger partial charge on any atom is -0.504 e. The molecule has 0 aromatic heterocycles. The predicted octanol–water partition coefficient (Wildman–Crippen LogP) is 0.598. The van der Waals surface area contributed by atoms with Crippen molar-refractivity contribution >= 4 is 38.9 Å². The van der Waals surface area contributed by atoms with Gasteiger partial charge in [-0.15, -0.1) is 0 Å². The number of allylic oxidation sites excluding steroid dienone is 1. The van der Waals surface area contributed by atoms with E-state index in [1.807, 2.05) is 0 Å². The van der Waals surface area contributed by atoms with E-state index in [4.69, 9.17) is 17.3 Å². The molecule has 0 spiro atoms. The van der Waals surface area contributed by atoms with E-state index in [0.717, 1.165) is 27.3 Å². The van der Waals surface area contributed by atoms with Gasteiger partial charge in [0.15, 0.2) is 5.75 Å². The number of carbonyl (C=O) groups is 2. The molecule has 0 bridgehead atoms. The summed E-state index contributed by atoms with van der Waals surface area (Å²) in [6.45, 7) is 1.04. The number of sulfonamides is 1. The summed E-state index contributed by atoms with van der Waals surface area (Å²) in [5, 5.41) is 12.4. The largest absolute Gasteiger partial charge is 0.504 e. The fraction of sp³-hybridized carbons (Fsp3) is 0.231. The third kappa shape index (κ3) is 3.85. The number of hydrogen-bond acceptors (Lipinski definition) is 8. The first-order valence-electron chi connectivity index (χ1n) is 6.36. The molecule has 0 aliphatic carbocycles. The van der Waals surface area contributed by atoms with Crippen molar-refractivity contribution in [1.82, 2.24) is 4.47 Å². The highest BCUT2D eigenvalue weighted by atomic mass is 35.5. The van der Waals surface area contributed by atoms with Crippen LogP contribution in [0.2, 0.25) is 5.02 Å². The lowest BCUT2D eigenvalue weighted by molar-refractivity contribution is -0.133. The molecular weight excluding hydrogens is 362 g/mol. The summed E-state index contributed by atoms with van der Waals surface area (Å²) in [7, 11) is -2.04. The van der Waals surface area contributed by atoms with Crippen molar-refractivity contribution in [3.05, 3.63) is 29.1 Å². The van der Waals surface area contributed by atoms with Crippen molar-refractivity contribution in [2.24, 2.45) is 5.73 Å². The lowest BCUT2D eigenvalue weighted by Crippen LogP contribution is -2.26. The van der Waals surface area contributed by atoms with Crippen molar-refractivity contribution in [1.29, 1.82) is 0 Å². The van der Waals surface area contributed by atoms with Crippen molar-refractivity contribution in [3.8, 4) is 5.75 Å². The second kappa shape index (κ2) is 7.62. The highest BCUT2D eigenvalue weighted by Gasteiger charge is 2.30. The van der Waals surface area contributed by atoms with Gasteiger partial charge in [-0.25, -0.2) is 8.42 Å². The smallest absolute Gasteiger partial charge is 0.269 e. The van der Waals surface area contributed by atoms with Crippen LogP contribution in [-0.4, -0.2) is 43.7 Å². The number of hydroxylamine groups is 1. The topological polar surface area (TPSA) is 139 Å². The van der Waals surface area contributed by atoms with Crippen LogP contribution < -0.4 is 11.1 Å². The van der Waals surface area contributed by atoms with Crippen LogP contribution in [0.15, 0.2) is 28.9 Å². The van der Waals surface area contributed by atoms with Gasteiger partial charge in [-0.2, -0.15) is 0 Å². The number of rotatable bonds is 7. The summed E-state index contributed by atoms with van der Waals surface area (Å²) in [6, 6.07) is 2.41. The number of phenolic OH excluding ortho intramolecular Hbond substituents is 1. The second-order valence-corrected chi connectivity index (χ2v) is 6.74. The Morgan fingerprint density at radius 3 is 2.46 bits per heavy atom. The van der Waals surface area contributed by atoms with Crippen molar-refractivity contribution < 1.29 is 28.0 Å². The van der Waals surface area contributed by atoms with Gasteiger partial charge in [0.25, 0.3) is 10.0 Å². The maximum atomic E-state index is 12.3. The Bertz CT molecular complexity index is 806. The van der Waals surface area contributed by atoms with E-state index in [1.54, 1.807) is 0 Å². The van der Waals surface area contributed by atoms with Gasteiger partial charge in [-0.3, -0.25) is 14.4 Å². The minimum atomic E-state index is -4.27. The Balaban J connectivity index is 3.44. The van der Waals surface area contributed by atoms with Gasteiger partial charge in [-0.1, -0.05) is 16.1 Å². The van der Waals surface area contributed by atoms with E-state index >= 15 is 0 Å². The lowest BCUT2D eigenvalue weighted by Gasteiger charge is -2.18. The van der Waals surface area contributed by atoms with E-state index in [9.17, 15) is 23.1 Å². The van der Waals surface area contributed by atoms with Crippen LogP contribution in [-0.2, 0) is 24.4 Å². The first-order chi connectivity index (χ1) is 11.1. The van der Waals surface area contributed by atoms with Crippen LogP contribution in [0.1, 0.15) is 6.92 Å². The molecule has 0 amide bonds. The third-order valence-electron chi connectivity index (χ3n) is 2.94. The number of aromatic hydroxyl groups is 1. The van der Waals surface area contributed by atoms with Crippen molar-refractivity contribution in [2.75, 3.05) is 19.5 Å². The zero-order chi connectivity index (χ0) is 18.7. The van der Waals surface area contributed by atoms with Gasteiger partial charge in [0, 0.05) is 20.2 Å². The maximum Gasteiger partial charge on any atom is 0.269 e. The molecule has 1 aromatic carbocycles. The van der Waals surface area contributed by atoms with Crippen molar-refractivity contribution in [3.63, 3.8) is 0 Å². The maximum absolute atomic E-state index is 12.3. The lowest BCUT2D eigenvalue weighted by atomic mass is 10.2. The number of anilines is 1. The molecule has 0 aliphatic rings. The first-order valence-corrected chi connectivity index (χ1v) is 8.18. The summed E-state index contributed by atoms with van der Waals surface area (Å²) in [4.78, 5) is 26.8. The number of phenols is 1. The van der Waals surface area contributed by atoms with Crippen LogP contribution in [0, 0.1) is 0 Å². The molecule has 0 fully saturated rings. The Labute approximate surface area is 143 Å². The zero-order valence-electron chi connectivity index (χ0n) is 13.0. The van der Waals surface area contributed by atoms with E-state index in [-0.39, 0.29) is 16.4 Å². The minimum absolute atomic E-state index is 0.186. The molecule has 1 rings (SSSR count). The molecule has 4 N–H and O–H groups in total. The van der Waals surface area contributed by atoms with Gasteiger partial charge in [0.05, 0.1) is 17.8 Å². The summed E-state index contributed by atoms with van der Waals surface area (Å²) in [5.41, 5.74) is 4.76. The second-order valence-electron chi connectivity index (χ2n) is 4.46. The molecule has 0 heterocycles. The normalized spacial score (nSPS) is 12.3. The Kier molecular flexibility index (Phi) is 6.32. The van der Waals surface area contributed by atoms with E-state index < -0.39 is 32.2 Å². The Hall–Kier alpha value is -2.14. The summed E-state index contributed by atoms with van der Waals surface area (Å²) in [5.74, 6) is -2.49. The third-order valence-corrected chi connectivity index (χ3v) is 5.12. The molecule has 11 heteroatoms. The molecule has 0 radical (unpaired) electrons. The number of carbonyl (C=O) groups excluding carboxylic acids is 2. The highest BCUT2D eigenvalue weighted by molar-refractivity contribution is 7.89. The fourth-order valence-corrected chi connectivity index (χ4v) is 3.20. The van der Waals surface area contributed by atoms with Gasteiger partial charge >= 0.3 is 0 Å². The summed E-state index contributed by atoms with van der Waals surface area (Å²) in [6.07, 6.45) is 0.827. The van der Waals surface area contributed by atoms with Crippen molar-refractivity contribution in [2.45, 2.75) is 11.8 Å². The average molecular weight is 378 g/mol. The van der Waals surface area contributed by atoms with Gasteiger partial charge in [0.1, 0.15) is 10.6 Å². The molecule has 0 saturated heterocycles. The molecule has 24 heavy (non-hydrogen) atoms. The van der Waals surface area contributed by atoms with Crippen LogP contribution in [0.4, 0.5) is 5.69 Å². The van der Waals surface area contributed by atoms with Crippen LogP contribution in [0.3, 0.4) is 0 Å². The Morgan fingerprint density at radius 1 is 1.42 bits per heavy atom. The van der Waals surface area contributed by atoms with Crippen LogP contribution in [0.5, 0.6) is 5.75 Å². The fourth-order valence-electron chi connectivity index (χ4n) is 1.63. The quantitative estimate of drug-likeness (QED) is 0.271. The van der Waals surface area contributed by atoms with E-state index in [2.05, 4.69) is 10.2 Å². The number of hydrogen-bond donors (Lipinski definition) is 3. The van der Waals surface area contributed by atoms with Crippen LogP contribution in [0.25, 0.3) is 0 Å². The molecular formula is C13H16ClN3O6S. The number of Topliss-reactive ketones (excluding diaryl/α,β-unsaturated/α-hetero) is 2. The predicted molar refractivity (Wildman–Crippen MR) is 86.7 cm³/mol. The SMILES string of the molecule is CON(C)S(=O)(=O)c1c(Cl)ccc(N/C(=C\N)C(=O)C(C)=O)c1O. The van der Waals surface area contributed by atoms with Gasteiger partial charge < -0.3 is 16.2 Å². The molecule has 1 aromatic rings. The molecule has 0 saturated carbocycles. The monoisotopic (exact) mass is 377 g/mol.